The van der Waals surface area contributed by atoms with E-state index in [0.717, 1.165) is 11.3 Å². The highest BCUT2D eigenvalue weighted by molar-refractivity contribution is 5.57. The van der Waals surface area contributed by atoms with Crippen molar-refractivity contribution in [2.24, 2.45) is 0 Å². The van der Waals surface area contributed by atoms with Gasteiger partial charge < -0.3 is 9.57 Å². The largest absolute Gasteiger partial charge is 0.382 e. The van der Waals surface area contributed by atoms with E-state index in [9.17, 15) is 0 Å². The summed E-state index contributed by atoms with van der Waals surface area (Å²) in [4.78, 5) is 5.09. The lowest BCUT2D eigenvalue weighted by Crippen LogP contribution is -2.13. The average molecular weight is 231 g/mol. The molecular weight excluding hydrogens is 214 g/mol. The zero-order valence-corrected chi connectivity index (χ0v) is 9.76. The van der Waals surface area contributed by atoms with Crippen molar-refractivity contribution < 1.29 is 9.57 Å². The molecule has 0 atom stereocenters. The molecule has 0 fully saturated rings. The SMILES string of the molecule is C1=Cc2ccccc2ON1.C=CCOCC=C. The molecule has 17 heavy (non-hydrogen) atoms. The predicted molar refractivity (Wildman–Crippen MR) is 70.5 cm³/mol. The lowest BCUT2D eigenvalue weighted by atomic mass is 10.2. The summed E-state index contributed by atoms with van der Waals surface area (Å²) in [5.41, 5.74) is 3.77. The van der Waals surface area contributed by atoms with Gasteiger partial charge in [-0.05, 0) is 12.1 Å². The van der Waals surface area contributed by atoms with Gasteiger partial charge in [0.2, 0.25) is 0 Å². The van der Waals surface area contributed by atoms with Crippen LogP contribution in [0.1, 0.15) is 5.56 Å². The van der Waals surface area contributed by atoms with Gasteiger partial charge in [-0.3, -0.25) is 0 Å². The third-order valence-electron chi connectivity index (χ3n) is 1.89. The molecule has 1 aliphatic rings. The number of hydroxylamine groups is 1. The minimum absolute atomic E-state index is 0.617. The third kappa shape index (κ3) is 5.04. The van der Waals surface area contributed by atoms with E-state index in [0.29, 0.717) is 13.2 Å². The van der Waals surface area contributed by atoms with Crippen LogP contribution in [0.4, 0.5) is 0 Å². The van der Waals surface area contributed by atoms with Crippen LogP contribution in [0, 0.1) is 0 Å². The highest BCUT2D eigenvalue weighted by Crippen LogP contribution is 2.20. The summed E-state index contributed by atoms with van der Waals surface area (Å²) in [6.45, 7) is 8.18. The average Bonchev–Trinajstić information content (AvgIpc) is 2.40. The number of nitrogens with one attached hydrogen (secondary N) is 1. The van der Waals surface area contributed by atoms with E-state index >= 15 is 0 Å². The van der Waals surface area contributed by atoms with Gasteiger partial charge in [0.25, 0.3) is 0 Å². The standard InChI is InChI=1S/C8H7NO.C6H10O/c1-2-4-8-7(3-1)5-6-9-10-8;1-3-5-7-6-4-2/h1-6,9H;3-4H,1-2,5-6H2. The van der Waals surface area contributed by atoms with E-state index in [-0.39, 0.29) is 0 Å². The van der Waals surface area contributed by atoms with Crippen LogP contribution >= 0.6 is 0 Å². The molecule has 0 unspecified atom stereocenters. The maximum absolute atomic E-state index is 5.09. The molecule has 1 heterocycles. The highest BCUT2D eigenvalue weighted by Gasteiger charge is 2.01. The first-order chi connectivity index (χ1) is 8.38. The van der Waals surface area contributed by atoms with E-state index in [1.165, 1.54) is 0 Å². The number of hydrogen-bond acceptors (Lipinski definition) is 3. The van der Waals surface area contributed by atoms with Crippen molar-refractivity contribution in [2.75, 3.05) is 13.2 Å². The van der Waals surface area contributed by atoms with Crippen molar-refractivity contribution in [2.45, 2.75) is 0 Å². The van der Waals surface area contributed by atoms with Crippen LogP contribution in [0.25, 0.3) is 6.08 Å². The van der Waals surface area contributed by atoms with Crippen molar-refractivity contribution in [3.63, 3.8) is 0 Å². The van der Waals surface area contributed by atoms with Crippen molar-refractivity contribution in [1.82, 2.24) is 5.48 Å². The number of rotatable bonds is 4. The van der Waals surface area contributed by atoms with Gasteiger partial charge in [-0.15, -0.1) is 13.2 Å². The third-order valence-corrected chi connectivity index (χ3v) is 1.89. The zero-order chi connectivity index (χ0) is 12.3. The molecule has 0 bridgehead atoms. The fourth-order valence-corrected chi connectivity index (χ4v) is 1.17. The summed E-state index contributed by atoms with van der Waals surface area (Å²) in [7, 11) is 0. The Morgan fingerprint density at radius 2 is 1.88 bits per heavy atom. The maximum Gasteiger partial charge on any atom is 0.162 e. The van der Waals surface area contributed by atoms with Gasteiger partial charge in [-0.1, -0.05) is 30.4 Å². The van der Waals surface area contributed by atoms with Crippen LogP contribution in [0.2, 0.25) is 0 Å². The van der Waals surface area contributed by atoms with Crippen molar-refractivity contribution in [3.8, 4) is 5.75 Å². The van der Waals surface area contributed by atoms with Crippen LogP contribution in [0.5, 0.6) is 5.75 Å². The Kier molecular flexibility index (Phi) is 6.29. The van der Waals surface area contributed by atoms with E-state index < -0.39 is 0 Å². The predicted octanol–water partition coefficient (Wildman–Crippen LogP) is 2.93. The molecule has 0 saturated carbocycles. The van der Waals surface area contributed by atoms with Gasteiger partial charge >= 0.3 is 0 Å². The van der Waals surface area contributed by atoms with E-state index in [2.05, 4.69) is 18.6 Å². The molecule has 1 aromatic carbocycles. The molecule has 3 nitrogen and oxygen atoms in total. The van der Waals surface area contributed by atoms with Crippen LogP contribution in [0.3, 0.4) is 0 Å². The summed E-state index contributed by atoms with van der Waals surface area (Å²) in [6, 6.07) is 7.86. The molecule has 0 aliphatic carbocycles. The molecule has 0 radical (unpaired) electrons. The molecule has 1 N–H and O–H groups in total. The molecule has 2 rings (SSSR count). The number of para-hydroxylation sites is 1. The number of benzene rings is 1. The second-order valence-corrected chi connectivity index (χ2v) is 3.21. The van der Waals surface area contributed by atoms with Gasteiger partial charge in [0, 0.05) is 11.8 Å². The lowest BCUT2D eigenvalue weighted by molar-refractivity contribution is 0.194. The monoisotopic (exact) mass is 231 g/mol. The van der Waals surface area contributed by atoms with Crippen LogP contribution < -0.4 is 10.3 Å². The molecule has 0 saturated heterocycles. The van der Waals surface area contributed by atoms with Gasteiger partial charge in [-0.2, -0.15) is 0 Å². The molecular formula is C14H17NO2. The first kappa shape index (κ1) is 13.1. The summed E-state index contributed by atoms with van der Waals surface area (Å²) in [5.74, 6) is 0.880. The van der Waals surface area contributed by atoms with E-state index in [1.54, 1.807) is 18.4 Å². The Hall–Kier alpha value is -2.00. The first-order valence-corrected chi connectivity index (χ1v) is 5.36. The van der Waals surface area contributed by atoms with Crippen LogP contribution in [0.15, 0.2) is 55.8 Å². The molecule has 0 spiro atoms. The van der Waals surface area contributed by atoms with Crippen molar-refractivity contribution >= 4 is 6.08 Å². The minimum atomic E-state index is 0.617. The van der Waals surface area contributed by atoms with Crippen LogP contribution in [-0.2, 0) is 4.74 Å². The summed E-state index contributed by atoms with van der Waals surface area (Å²) in [6.07, 6.45) is 7.16. The fraction of sp³-hybridized carbons (Fsp3) is 0.143. The molecule has 90 valence electrons. The zero-order valence-electron chi connectivity index (χ0n) is 9.76. The fourth-order valence-electron chi connectivity index (χ4n) is 1.17. The Morgan fingerprint density at radius 1 is 1.18 bits per heavy atom. The number of hydrogen-bond donors (Lipinski definition) is 1. The van der Waals surface area contributed by atoms with Crippen LogP contribution in [-0.4, -0.2) is 13.2 Å². The Labute approximate surface area is 102 Å². The Morgan fingerprint density at radius 3 is 2.53 bits per heavy atom. The van der Waals surface area contributed by atoms with Crippen molar-refractivity contribution in [3.05, 3.63) is 61.3 Å². The van der Waals surface area contributed by atoms with Gasteiger partial charge in [0.15, 0.2) is 5.75 Å². The molecule has 1 aliphatic heterocycles. The normalized spacial score (nSPS) is 11.1. The second-order valence-electron chi connectivity index (χ2n) is 3.21. The minimum Gasteiger partial charge on any atom is -0.382 e. The molecule has 3 heteroatoms. The number of ether oxygens (including phenoxy) is 1. The summed E-state index contributed by atoms with van der Waals surface area (Å²) >= 11 is 0. The molecule has 0 aromatic heterocycles. The quantitative estimate of drug-likeness (QED) is 0.638. The maximum atomic E-state index is 5.09. The second kappa shape index (κ2) is 8.19. The molecule has 0 amide bonds. The molecule has 1 aromatic rings. The summed E-state index contributed by atoms with van der Waals surface area (Å²) < 4.78 is 4.90. The topological polar surface area (TPSA) is 30.5 Å². The van der Waals surface area contributed by atoms with E-state index in [1.807, 2.05) is 30.3 Å². The number of fused-ring (bicyclic) bond motifs is 1. The Balaban J connectivity index is 0.000000185. The van der Waals surface area contributed by atoms with Gasteiger partial charge in [0.1, 0.15) is 0 Å². The smallest absolute Gasteiger partial charge is 0.162 e. The summed E-state index contributed by atoms with van der Waals surface area (Å²) in [5, 5.41) is 0. The first-order valence-electron chi connectivity index (χ1n) is 5.36. The van der Waals surface area contributed by atoms with Gasteiger partial charge in [-0.25, -0.2) is 5.48 Å². The highest BCUT2D eigenvalue weighted by atomic mass is 16.6. The van der Waals surface area contributed by atoms with Crippen molar-refractivity contribution in [1.29, 1.82) is 0 Å². The van der Waals surface area contributed by atoms with Gasteiger partial charge in [0.05, 0.1) is 13.2 Å². The lowest BCUT2D eigenvalue weighted by Gasteiger charge is -2.11. The Bertz CT molecular complexity index is 378. The van der Waals surface area contributed by atoms with E-state index in [4.69, 9.17) is 9.57 Å².